The number of likely N-dealkylation sites (N-methyl/N-ethyl adjacent to an activating group) is 1. The van der Waals surface area contributed by atoms with Crippen LogP contribution in [0.15, 0.2) is 0 Å². The highest BCUT2D eigenvalue weighted by molar-refractivity contribution is 7.91. The first-order valence-electron chi connectivity index (χ1n) is 6.66. The van der Waals surface area contributed by atoms with Crippen LogP contribution in [0.3, 0.4) is 0 Å². The molecule has 0 saturated carbocycles. The Labute approximate surface area is 114 Å². The van der Waals surface area contributed by atoms with Gasteiger partial charge >= 0.3 is 5.97 Å². The fourth-order valence-electron chi connectivity index (χ4n) is 2.37. The topological polar surface area (TPSA) is 83.9 Å². The fraction of sp³-hybridized carbons (Fsp3) is 0.917. The Morgan fingerprint density at radius 2 is 2.00 bits per heavy atom. The molecule has 1 rings (SSSR count). The summed E-state index contributed by atoms with van der Waals surface area (Å²) in [5.74, 6) is -1.17. The van der Waals surface area contributed by atoms with Crippen molar-refractivity contribution in [2.75, 3.05) is 37.8 Å². The average Bonchev–Trinajstić information content (AvgIpc) is 2.79. The summed E-state index contributed by atoms with van der Waals surface area (Å²) in [4.78, 5) is 13.0. The van der Waals surface area contributed by atoms with Gasteiger partial charge in [0.05, 0.1) is 24.9 Å². The van der Waals surface area contributed by atoms with Crippen LogP contribution in [-0.2, 0) is 19.4 Å². The highest BCUT2D eigenvalue weighted by atomic mass is 32.2. The molecular weight excluding hydrogens is 270 g/mol. The Kier molecular flexibility index (Phi) is 6.22. The molecule has 0 aromatic heterocycles. The molecule has 0 amide bonds. The van der Waals surface area contributed by atoms with Gasteiger partial charge in [-0.05, 0) is 13.0 Å². The van der Waals surface area contributed by atoms with E-state index in [2.05, 4.69) is 0 Å². The smallest absolute Gasteiger partial charge is 0.310 e. The minimum Gasteiger partial charge on any atom is -0.481 e. The second-order valence-corrected chi connectivity index (χ2v) is 7.13. The Bertz CT molecular complexity index is 395. The van der Waals surface area contributed by atoms with Crippen molar-refractivity contribution in [2.24, 2.45) is 5.92 Å². The molecule has 7 heteroatoms. The second-order valence-electron chi connectivity index (χ2n) is 4.83. The van der Waals surface area contributed by atoms with Crippen LogP contribution in [0.1, 0.15) is 20.3 Å². The number of hydrogen-bond donors (Lipinski definition) is 1. The third-order valence-electron chi connectivity index (χ3n) is 3.45. The number of carbonyl (C=O) groups is 1. The maximum absolute atomic E-state index is 11.7. The van der Waals surface area contributed by atoms with Gasteiger partial charge in [0.15, 0.2) is 9.84 Å². The number of hydrogen-bond acceptors (Lipinski definition) is 5. The van der Waals surface area contributed by atoms with Crippen LogP contribution in [0.4, 0.5) is 0 Å². The van der Waals surface area contributed by atoms with Gasteiger partial charge in [0.25, 0.3) is 0 Å². The van der Waals surface area contributed by atoms with E-state index >= 15 is 0 Å². The molecule has 112 valence electrons. The molecule has 1 saturated heterocycles. The molecule has 0 radical (unpaired) electrons. The van der Waals surface area contributed by atoms with Crippen LogP contribution in [0.5, 0.6) is 0 Å². The summed E-state index contributed by atoms with van der Waals surface area (Å²) in [6.07, 6.45) is 0.610. The number of aliphatic carboxylic acids is 1. The summed E-state index contributed by atoms with van der Waals surface area (Å²) in [5.41, 5.74) is 0. The highest BCUT2D eigenvalue weighted by Crippen LogP contribution is 2.20. The maximum atomic E-state index is 11.7. The Hall–Kier alpha value is -0.660. The van der Waals surface area contributed by atoms with Crippen molar-refractivity contribution in [3.63, 3.8) is 0 Å². The average molecular weight is 293 g/mol. The molecule has 2 atom stereocenters. The van der Waals surface area contributed by atoms with Gasteiger partial charge in [0.1, 0.15) is 0 Å². The third kappa shape index (κ3) is 4.74. The van der Waals surface area contributed by atoms with Crippen LogP contribution >= 0.6 is 0 Å². The van der Waals surface area contributed by atoms with Gasteiger partial charge < -0.3 is 9.84 Å². The van der Waals surface area contributed by atoms with Gasteiger partial charge in [0.2, 0.25) is 0 Å². The van der Waals surface area contributed by atoms with Gasteiger partial charge in [-0.25, -0.2) is 8.42 Å². The van der Waals surface area contributed by atoms with Crippen molar-refractivity contribution in [1.82, 2.24) is 4.90 Å². The number of nitrogens with zero attached hydrogens (tertiary/aromatic N) is 1. The van der Waals surface area contributed by atoms with Gasteiger partial charge in [-0.2, -0.15) is 0 Å². The van der Waals surface area contributed by atoms with Crippen LogP contribution in [-0.4, -0.2) is 68.2 Å². The highest BCUT2D eigenvalue weighted by Gasteiger charge is 2.37. The summed E-state index contributed by atoms with van der Waals surface area (Å²) < 4.78 is 28.6. The summed E-state index contributed by atoms with van der Waals surface area (Å²) in [5, 5.41) is 9.12. The number of carboxylic acids is 1. The fourth-order valence-corrected chi connectivity index (χ4v) is 3.71. The molecule has 2 unspecified atom stereocenters. The molecule has 1 aliphatic heterocycles. The minimum absolute atomic E-state index is 0.0809. The standard InChI is InChI=1S/C12H23NO5S/c1-3-6-19(16,17)7-5-13(4-2)11-9-18-8-10(11)12(14)15/h10-11H,3-9H2,1-2H3,(H,14,15). The van der Waals surface area contributed by atoms with Crippen LogP contribution in [0, 0.1) is 5.92 Å². The van der Waals surface area contributed by atoms with Crippen molar-refractivity contribution in [2.45, 2.75) is 26.3 Å². The van der Waals surface area contributed by atoms with E-state index in [-0.39, 0.29) is 24.2 Å². The number of ether oxygens (including phenoxy) is 1. The van der Waals surface area contributed by atoms with Crippen molar-refractivity contribution >= 4 is 15.8 Å². The van der Waals surface area contributed by atoms with E-state index in [0.717, 1.165) is 0 Å². The van der Waals surface area contributed by atoms with E-state index < -0.39 is 21.7 Å². The molecule has 6 nitrogen and oxygen atoms in total. The number of rotatable bonds is 8. The van der Waals surface area contributed by atoms with E-state index in [1.54, 1.807) is 0 Å². The Morgan fingerprint density at radius 1 is 1.32 bits per heavy atom. The summed E-state index contributed by atoms with van der Waals surface area (Å²) in [7, 11) is -3.03. The zero-order valence-corrected chi connectivity index (χ0v) is 12.4. The molecule has 19 heavy (non-hydrogen) atoms. The zero-order valence-electron chi connectivity index (χ0n) is 11.5. The van der Waals surface area contributed by atoms with Crippen LogP contribution in [0.25, 0.3) is 0 Å². The van der Waals surface area contributed by atoms with E-state index in [9.17, 15) is 13.2 Å². The molecule has 0 aromatic rings. The summed E-state index contributed by atoms with van der Waals surface area (Å²) in [6.45, 7) is 5.30. The second kappa shape index (κ2) is 7.21. The van der Waals surface area contributed by atoms with Gasteiger partial charge in [-0.3, -0.25) is 9.69 Å². The lowest BCUT2D eigenvalue weighted by atomic mass is 10.0. The van der Waals surface area contributed by atoms with E-state index in [1.807, 2.05) is 18.7 Å². The lowest BCUT2D eigenvalue weighted by Gasteiger charge is -2.28. The lowest BCUT2D eigenvalue weighted by molar-refractivity contribution is -0.143. The van der Waals surface area contributed by atoms with Gasteiger partial charge in [-0.15, -0.1) is 0 Å². The van der Waals surface area contributed by atoms with Crippen molar-refractivity contribution in [3.05, 3.63) is 0 Å². The predicted octanol–water partition coefficient (Wildman–Crippen LogP) is 0.233. The monoisotopic (exact) mass is 293 g/mol. The quantitative estimate of drug-likeness (QED) is 0.690. The molecule has 0 aromatic carbocycles. The van der Waals surface area contributed by atoms with Crippen LogP contribution in [0.2, 0.25) is 0 Å². The number of carboxylic acid groups (broad SMARTS) is 1. The van der Waals surface area contributed by atoms with Crippen molar-refractivity contribution in [1.29, 1.82) is 0 Å². The maximum Gasteiger partial charge on any atom is 0.310 e. The zero-order chi connectivity index (χ0) is 14.5. The lowest BCUT2D eigenvalue weighted by Crippen LogP contribution is -2.45. The molecule has 0 aliphatic carbocycles. The molecule has 0 spiro atoms. The molecular formula is C12H23NO5S. The van der Waals surface area contributed by atoms with Crippen LogP contribution < -0.4 is 0 Å². The molecule has 1 fully saturated rings. The van der Waals surface area contributed by atoms with Gasteiger partial charge in [-0.1, -0.05) is 13.8 Å². The van der Waals surface area contributed by atoms with E-state index in [4.69, 9.17) is 9.84 Å². The Morgan fingerprint density at radius 3 is 2.53 bits per heavy atom. The first kappa shape index (κ1) is 16.4. The minimum atomic E-state index is -3.03. The predicted molar refractivity (Wildman–Crippen MR) is 71.9 cm³/mol. The molecule has 1 aliphatic rings. The molecule has 0 bridgehead atoms. The molecule has 1 N–H and O–H groups in total. The van der Waals surface area contributed by atoms with Gasteiger partial charge in [0, 0.05) is 18.3 Å². The normalized spacial score (nSPS) is 23.9. The first-order chi connectivity index (χ1) is 8.91. The first-order valence-corrected chi connectivity index (χ1v) is 8.48. The van der Waals surface area contributed by atoms with Crippen molar-refractivity contribution in [3.8, 4) is 0 Å². The van der Waals surface area contributed by atoms with Crippen molar-refractivity contribution < 1.29 is 23.1 Å². The summed E-state index contributed by atoms with van der Waals surface area (Å²) in [6, 6.07) is -0.223. The SMILES string of the molecule is CCCS(=O)(=O)CCN(CC)C1COCC1C(=O)O. The summed E-state index contributed by atoms with van der Waals surface area (Å²) >= 11 is 0. The molecule has 1 heterocycles. The van der Waals surface area contributed by atoms with E-state index in [1.165, 1.54) is 0 Å². The third-order valence-corrected chi connectivity index (χ3v) is 5.28. The largest absolute Gasteiger partial charge is 0.481 e. The Balaban J connectivity index is 2.61. The number of sulfone groups is 1. The van der Waals surface area contributed by atoms with E-state index in [0.29, 0.717) is 26.1 Å².